The number of amides is 2. The van der Waals surface area contributed by atoms with E-state index < -0.39 is 29.1 Å². The fourth-order valence-electron chi connectivity index (χ4n) is 3.42. The highest BCUT2D eigenvalue weighted by molar-refractivity contribution is 5.87. The number of carbonyl (C=O) groups excluding carboxylic acids is 2. The molecule has 1 saturated carbocycles. The topological polar surface area (TPSA) is 101 Å². The lowest BCUT2D eigenvalue weighted by Crippen LogP contribution is -2.42. The number of hydrogen-bond acceptors (Lipinski definition) is 3. The molecule has 4 unspecified atom stereocenters. The van der Waals surface area contributed by atoms with Crippen molar-refractivity contribution in [2.75, 3.05) is 13.1 Å². The molecule has 6 nitrogen and oxygen atoms in total. The highest BCUT2D eigenvalue weighted by Gasteiger charge is 2.47. The lowest BCUT2D eigenvalue weighted by Gasteiger charge is -2.25. The van der Waals surface area contributed by atoms with Crippen LogP contribution in [0.2, 0.25) is 0 Å². The van der Waals surface area contributed by atoms with Crippen LogP contribution in [0.3, 0.4) is 0 Å². The maximum Gasteiger partial charge on any atom is 0.307 e. The van der Waals surface area contributed by atoms with Crippen molar-refractivity contribution in [2.24, 2.45) is 28.9 Å². The first-order valence-corrected chi connectivity index (χ1v) is 7.06. The molecule has 0 aromatic heterocycles. The van der Waals surface area contributed by atoms with E-state index in [0.29, 0.717) is 32.4 Å². The number of rotatable bonds is 3. The molecule has 1 saturated heterocycles. The third kappa shape index (κ3) is 2.51. The maximum atomic E-state index is 12.5. The Labute approximate surface area is 118 Å². The molecule has 2 fully saturated rings. The highest BCUT2D eigenvalue weighted by atomic mass is 16.4. The Kier molecular flexibility index (Phi) is 3.75. The molecule has 2 amide bonds. The summed E-state index contributed by atoms with van der Waals surface area (Å²) in [5, 5.41) is 9.24. The summed E-state index contributed by atoms with van der Waals surface area (Å²) in [5.41, 5.74) is 4.69. The van der Waals surface area contributed by atoms with Gasteiger partial charge in [0.05, 0.1) is 17.3 Å². The van der Waals surface area contributed by atoms with E-state index in [9.17, 15) is 19.5 Å². The zero-order chi connectivity index (χ0) is 15.1. The van der Waals surface area contributed by atoms with E-state index in [1.54, 1.807) is 11.8 Å². The Balaban J connectivity index is 2.09. The van der Waals surface area contributed by atoms with Gasteiger partial charge in [-0.3, -0.25) is 14.4 Å². The van der Waals surface area contributed by atoms with Crippen LogP contribution in [0, 0.1) is 23.2 Å². The molecular formula is C14H22N2O4. The van der Waals surface area contributed by atoms with Crippen LogP contribution in [0.25, 0.3) is 0 Å². The average Bonchev–Trinajstić information content (AvgIpc) is 2.93. The smallest absolute Gasteiger partial charge is 0.307 e. The minimum atomic E-state index is -0.899. The van der Waals surface area contributed by atoms with E-state index in [2.05, 4.69) is 0 Å². The molecule has 0 aromatic rings. The zero-order valence-corrected chi connectivity index (χ0v) is 12.0. The second-order valence-corrected chi connectivity index (χ2v) is 6.56. The molecule has 0 spiro atoms. The first-order valence-electron chi connectivity index (χ1n) is 7.06. The first kappa shape index (κ1) is 14.8. The Morgan fingerprint density at radius 3 is 2.35 bits per heavy atom. The van der Waals surface area contributed by atoms with Gasteiger partial charge in [0.15, 0.2) is 0 Å². The Hall–Kier alpha value is -1.59. The number of carbonyl (C=O) groups is 3. The number of hydrogen-bond donors (Lipinski definition) is 2. The predicted octanol–water partition coefficient (Wildman–Crippen LogP) is 0.457. The van der Waals surface area contributed by atoms with E-state index in [-0.39, 0.29) is 11.8 Å². The van der Waals surface area contributed by atoms with Gasteiger partial charge in [0.1, 0.15) is 0 Å². The second-order valence-electron chi connectivity index (χ2n) is 6.56. The van der Waals surface area contributed by atoms with Crippen molar-refractivity contribution in [3.8, 4) is 0 Å². The van der Waals surface area contributed by atoms with Crippen LogP contribution in [0.4, 0.5) is 0 Å². The van der Waals surface area contributed by atoms with Gasteiger partial charge in [-0.15, -0.1) is 0 Å². The van der Waals surface area contributed by atoms with Crippen molar-refractivity contribution in [1.82, 2.24) is 4.90 Å². The molecule has 112 valence electrons. The van der Waals surface area contributed by atoms with Crippen molar-refractivity contribution in [2.45, 2.75) is 33.1 Å². The molecule has 0 bridgehead atoms. The van der Waals surface area contributed by atoms with Gasteiger partial charge in [-0.25, -0.2) is 0 Å². The first-order chi connectivity index (χ1) is 9.24. The standard InChI is InChI=1S/C14H22N2O4/c1-8-5-9(10(6-8)12(18)19)11(17)16-4-3-14(2,7-16)13(15)20/h8-10H,3-7H2,1-2H3,(H2,15,20)(H,18,19). The molecule has 1 aliphatic heterocycles. The highest BCUT2D eigenvalue weighted by Crippen LogP contribution is 2.39. The largest absolute Gasteiger partial charge is 0.481 e. The summed E-state index contributed by atoms with van der Waals surface area (Å²) in [7, 11) is 0. The number of primary amides is 1. The van der Waals surface area contributed by atoms with Crippen LogP contribution < -0.4 is 5.73 Å². The third-order valence-corrected chi connectivity index (χ3v) is 4.81. The van der Waals surface area contributed by atoms with Crippen LogP contribution >= 0.6 is 0 Å². The molecule has 2 aliphatic rings. The summed E-state index contributed by atoms with van der Waals surface area (Å²) >= 11 is 0. The number of nitrogens with zero attached hydrogens (tertiary/aromatic N) is 1. The Morgan fingerprint density at radius 1 is 1.25 bits per heavy atom. The van der Waals surface area contributed by atoms with Gasteiger partial charge in [-0.2, -0.15) is 0 Å². The number of carboxylic acid groups (broad SMARTS) is 1. The molecule has 6 heteroatoms. The van der Waals surface area contributed by atoms with Crippen molar-refractivity contribution in [3.63, 3.8) is 0 Å². The van der Waals surface area contributed by atoms with E-state index in [4.69, 9.17) is 5.73 Å². The third-order valence-electron chi connectivity index (χ3n) is 4.81. The van der Waals surface area contributed by atoms with Crippen LogP contribution in [0.15, 0.2) is 0 Å². The average molecular weight is 282 g/mol. The lowest BCUT2D eigenvalue weighted by molar-refractivity contribution is -0.149. The number of likely N-dealkylation sites (tertiary alicyclic amines) is 1. The minimum Gasteiger partial charge on any atom is -0.481 e. The fraction of sp³-hybridized carbons (Fsp3) is 0.786. The SMILES string of the molecule is CC1CC(C(=O)O)C(C(=O)N2CCC(C)(C(N)=O)C2)C1. The van der Waals surface area contributed by atoms with Gasteiger partial charge in [-0.05, 0) is 32.1 Å². The van der Waals surface area contributed by atoms with Crippen molar-refractivity contribution >= 4 is 17.8 Å². The molecule has 20 heavy (non-hydrogen) atoms. The molecule has 1 heterocycles. The molecular weight excluding hydrogens is 260 g/mol. The van der Waals surface area contributed by atoms with E-state index >= 15 is 0 Å². The van der Waals surface area contributed by atoms with Gasteiger partial charge in [-0.1, -0.05) is 6.92 Å². The number of nitrogens with two attached hydrogens (primary N) is 1. The molecule has 0 radical (unpaired) electrons. The normalized spacial score (nSPS) is 37.1. The monoisotopic (exact) mass is 282 g/mol. The van der Waals surface area contributed by atoms with Gasteiger partial charge in [0, 0.05) is 13.1 Å². The van der Waals surface area contributed by atoms with Crippen LogP contribution in [0.5, 0.6) is 0 Å². The van der Waals surface area contributed by atoms with Gasteiger partial charge in [0.25, 0.3) is 0 Å². The number of carboxylic acids is 1. The van der Waals surface area contributed by atoms with Gasteiger partial charge >= 0.3 is 5.97 Å². The fourth-order valence-corrected chi connectivity index (χ4v) is 3.42. The number of aliphatic carboxylic acids is 1. The van der Waals surface area contributed by atoms with Gasteiger partial charge < -0.3 is 15.7 Å². The van der Waals surface area contributed by atoms with E-state index in [1.165, 1.54) is 0 Å². The predicted molar refractivity (Wildman–Crippen MR) is 71.5 cm³/mol. The zero-order valence-electron chi connectivity index (χ0n) is 12.0. The molecule has 4 atom stereocenters. The van der Waals surface area contributed by atoms with Crippen molar-refractivity contribution in [1.29, 1.82) is 0 Å². The van der Waals surface area contributed by atoms with Crippen LogP contribution in [0.1, 0.15) is 33.1 Å². The summed E-state index contributed by atoms with van der Waals surface area (Å²) in [6, 6.07) is 0. The Bertz CT molecular complexity index is 450. The van der Waals surface area contributed by atoms with Crippen molar-refractivity contribution < 1.29 is 19.5 Å². The second kappa shape index (κ2) is 5.07. The molecule has 1 aliphatic carbocycles. The summed E-state index contributed by atoms with van der Waals surface area (Å²) < 4.78 is 0. The van der Waals surface area contributed by atoms with Crippen LogP contribution in [-0.2, 0) is 14.4 Å². The maximum absolute atomic E-state index is 12.5. The lowest BCUT2D eigenvalue weighted by atomic mass is 9.89. The molecule has 3 N–H and O–H groups in total. The summed E-state index contributed by atoms with van der Waals surface area (Å²) in [6.45, 7) is 4.52. The quantitative estimate of drug-likeness (QED) is 0.785. The summed E-state index contributed by atoms with van der Waals surface area (Å²) in [4.78, 5) is 36.8. The minimum absolute atomic E-state index is 0.133. The van der Waals surface area contributed by atoms with E-state index in [0.717, 1.165) is 0 Å². The summed E-state index contributed by atoms with van der Waals surface area (Å²) in [6.07, 6.45) is 1.71. The van der Waals surface area contributed by atoms with Gasteiger partial charge in [0.2, 0.25) is 11.8 Å². The van der Waals surface area contributed by atoms with Crippen molar-refractivity contribution in [3.05, 3.63) is 0 Å². The Morgan fingerprint density at radius 2 is 1.85 bits per heavy atom. The molecule has 0 aromatic carbocycles. The van der Waals surface area contributed by atoms with E-state index in [1.807, 2.05) is 6.92 Å². The van der Waals surface area contributed by atoms with Crippen LogP contribution in [-0.4, -0.2) is 40.9 Å². The summed E-state index contributed by atoms with van der Waals surface area (Å²) in [5.74, 6) is -2.25. The molecule has 2 rings (SSSR count).